The summed E-state index contributed by atoms with van der Waals surface area (Å²) in [5.41, 5.74) is 3.59. The van der Waals surface area contributed by atoms with Crippen LogP contribution in [0.3, 0.4) is 0 Å². The maximum absolute atomic E-state index is 13.0. The molecule has 1 amide bonds. The van der Waals surface area contributed by atoms with Gasteiger partial charge in [-0.15, -0.1) is 0 Å². The van der Waals surface area contributed by atoms with E-state index < -0.39 is 21.7 Å². The van der Waals surface area contributed by atoms with Crippen LogP contribution < -0.4 is 14.5 Å². The molecular weight excluding hydrogens is 445 g/mol. The van der Waals surface area contributed by atoms with E-state index in [1.807, 2.05) is 10.8 Å². The summed E-state index contributed by atoms with van der Waals surface area (Å²) in [5.74, 6) is -0.992. The predicted molar refractivity (Wildman–Crippen MR) is 124 cm³/mol. The third-order valence-electron chi connectivity index (χ3n) is 5.30. The Kier molecular flexibility index (Phi) is 6.41. The van der Waals surface area contributed by atoms with Gasteiger partial charge in [0, 0.05) is 24.3 Å². The number of benzene rings is 3. The average molecular weight is 468 g/mol. The van der Waals surface area contributed by atoms with E-state index in [0.29, 0.717) is 5.75 Å². The Morgan fingerprint density at radius 2 is 1.85 bits per heavy atom. The Hall–Kier alpha value is -3.72. The molecule has 3 aromatic carbocycles. The van der Waals surface area contributed by atoms with E-state index in [0.717, 1.165) is 49.3 Å². The maximum atomic E-state index is 13.0. The number of nitrogens with zero attached hydrogens (tertiary/aromatic N) is 2. The zero-order valence-electron chi connectivity index (χ0n) is 17.9. The van der Waals surface area contributed by atoms with E-state index in [1.54, 1.807) is 6.21 Å². The van der Waals surface area contributed by atoms with Crippen LogP contribution in [0.2, 0.25) is 0 Å². The molecule has 0 aliphatic carbocycles. The number of oxime groups is 1. The van der Waals surface area contributed by atoms with Crippen LogP contribution in [0, 0.1) is 5.82 Å². The first kappa shape index (κ1) is 22.5. The number of carbonyl (C=O) groups excluding carboxylic acids is 1. The predicted octanol–water partition coefficient (Wildman–Crippen LogP) is 3.74. The van der Waals surface area contributed by atoms with Crippen molar-refractivity contribution in [3.63, 3.8) is 0 Å². The van der Waals surface area contributed by atoms with Crippen LogP contribution in [0.5, 0.6) is 5.75 Å². The number of hydrogen-bond acceptors (Lipinski definition) is 6. The highest BCUT2D eigenvalue weighted by Crippen LogP contribution is 2.28. The minimum Gasteiger partial charge on any atom is -0.371 e. The monoisotopic (exact) mass is 467 g/mol. The highest BCUT2D eigenvalue weighted by Gasteiger charge is 2.19. The summed E-state index contributed by atoms with van der Waals surface area (Å²) in [4.78, 5) is 19.8. The second-order valence-corrected chi connectivity index (χ2v) is 9.14. The van der Waals surface area contributed by atoms with E-state index in [1.165, 1.54) is 35.5 Å². The summed E-state index contributed by atoms with van der Waals surface area (Å²) in [6, 6.07) is 16.2. The molecule has 9 heteroatoms. The van der Waals surface area contributed by atoms with Gasteiger partial charge in [0.1, 0.15) is 5.82 Å². The third kappa shape index (κ3) is 5.20. The Labute approximate surface area is 191 Å². The SMILES string of the molecule is CCN1CCc2cc(/C=N/Oc3ccc(C(=O)NS(=O)(=O)c4ccc(F)cc4)cc3)ccc21. The van der Waals surface area contributed by atoms with E-state index in [2.05, 4.69) is 29.1 Å². The van der Waals surface area contributed by atoms with Crippen LogP contribution in [0.15, 0.2) is 76.8 Å². The largest absolute Gasteiger partial charge is 0.371 e. The quantitative estimate of drug-likeness (QED) is 0.423. The third-order valence-corrected chi connectivity index (χ3v) is 6.65. The van der Waals surface area contributed by atoms with Crippen LogP contribution in [0.25, 0.3) is 0 Å². The molecule has 0 saturated carbocycles. The lowest BCUT2D eigenvalue weighted by Gasteiger charge is -2.16. The van der Waals surface area contributed by atoms with Crippen LogP contribution in [-0.2, 0) is 16.4 Å². The standard InChI is InChI=1S/C24H22FN3O4S/c1-2-28-14-13-19-15-17(3-12-23(19)28)16-26-32-21-8-4-18(5-9-21)24(29)27-33(30,31)22-10-6-20(25)7-11-22/h3-12,15-16H,2,13-14H2,1H3,(H,27,29)/b26-16+. The number of likely N-dealkylation sites (N-methyl/N-ethyl adjacent to an activating group) is 1. The van der Waals surface area contributed by atoms with Gasteiger partial charge >= 0.3 is 0 Å². The van der Waals surface area contributed by atoms with Gasteiger partial charge < -0.3 is 9.74 Å². The number of nitrogens with one attached hydrogen (secondary N) is 1. The molecule has 0 fully saturated rings. The fraction of sp³-hybridized carbons (Fsp3) is 0.167. The van der Waals surface area contributed by atoms with Crippen molar-refractivity contribution >= 4 is 27.8 Å². The average Bonchev–Trinajstić information content (AvgIpc) is 3.22. The number of carbonyl (C=O) groups is 1. The smallest absolute Gasteiger partial charge is 0.265 e. The number of hydrogen-bond donors (Lipinski definition) is 1. The van der Waals surface area contributed by atoms with Crippen molar-refractivity contribution < 1.29 is 22.4 Å². The molecule has 7 nitrogen and oxygen atoms in total. The van der Waals surface area contributed by atoms with Crippen LogP contribution >= 0.6 is 0 Å². The number of amides is 1. The molecule has 1 heterocycles. The van der Waals surface area contributed by atoms with Gasteiger partial charge in [0.25, 0.3) is 15.9 Å². The highest BCUT2D eigenvalue weighted by molar-refractivity contribution is 7.90. The van der Waals surface area contributed by atoms with Crippen molar-refractivity contribution in [3.8, 4) is 5.75 Å². The molecule has 3 aromatic rings. The number of anilines is 1. The van der Waals surface area contributed by atoms with Crippen LogP contribution in [0.4, 0.5) is 10.1 Å². The van der Waals surface area contributed by atoms with E-state index in [9.17, 15) is 17.6 Å². The summed E-state index contributed by atoms with van der Waals surface area (Å²) < 4.78 is 39.5. The van der Waals surface area contributed by atoms with Gasteiger partial charge in [-0.2, -0.15) is 0 Å². The summed E-state index contributed by atoms with van der Waals surface area (Å²) >= 11 is 0. The molecule has 4 rings (SSSR count). The van der Waals surface area contributed by atoms with Gasteiger partial charge in [0.15, 0.2) is 5.75 Å². The van der Waals surface area contributed by atoms with Gasteiger partial charge in [-0.3, -0.25) is 4.79 Å². The van der Waals surface area contributed by atoms with E-state index in [4.69, 9.17) is 4.84 Å². The van der Waals surface area contributed by atoms with Crippen molar-refractivity contribution in [1.82, 2.24) is 4.72 Å². The number of sulfonamides is 1. The van der Waals surface area contributed by atoms with Gasteiger partial charge in [-0.05, 0) is 85.1 Å². The Morgan fingerprint density at radius 1 is 1.12 bits per heavy atom. The zero-order chi connectivity index (χ0) is 23.4. The molecule has 0 bridgehead atoms. The first-order valence-corrected chi connectivity index (χ1v) is 11.8. The van der Waals surface area contributed by atoms with Crippen molar-refractivity contribution in [2.24, 2.45) is 5.16 Å². The molecule has 0 unspecified atom stereocenters. The number of fused-ring (bicyclic) bond motifs is 1. The first-order chi connectivity index (χ1) is 15.9. The molecule has 0 radical (unpaired) electrons. The molecule has 0 spiro atoms. The number of rotatable bonds is 7. The first-order valence-electron chi connectivity index (χ1n) is 10.4. The summed E-state index contributed by atoms with van der Waals surface area (Å²) in [7, 11) is -4.11. The summed E-state index contributed by atoms with van der Waals surface area (Å²) in [5, 5.41) is 3.99. The fourth-order valence-corrected chi connectivity index (χ4v) is 4.54. The molecule has 0 aromatic heterocycles. The maximum Gasteiger partial charge on any atom is 0.265 e. The number of halogens is 1. The molecule has 0 saturated heterocycles. The van der Waals surface area contributed by atoms with Crippen molar-refractivity contribution in [2.75, 3.05) is 18.0 Å². The second-order valence-electron chi connectivity index (χ2n) is 7.46. The lowest BCUT2D eigenvalue weighted by molar-refractivity contribution is 0.0981. The molecular formula is C24H22FN3O4S. The Bertz CT molecular complexity index is 1290. The van der Waals surface area contributed by atoms with Gasteiger partial charge in [0.05, 0.1) is 11.1 Å². The zero-order valence-corrected chi connectivity index (χ0v) is 18.7. The lowest BCUT2D eigenvalue weighted by atomic mass is 10.1. The Balaban J connectivity index is 1.36. The molecule has 33 heavy (non-hydrogen) atoms. The summed E-state index contributed by atoms with van der Waals surface area (Å²) in [6.07, 6.45) is 2.62. The minimum absolute atomic E-state index is 0.121. The molecule has 0 atom stereocenters. The van der Waals surface area contributed by atoms with Gasteiger partial charge in [0.2, 0.25) is 0 Å². The van der Waals surface area contributed by atoms with E-state index >= 15 is 0 Å². The lowest BCUT2D eigenvalue weighted by Crippen LogP contribution is -2.30. The topological polar surface area (TPSA) is 88.1 Å². The van der Waals surface area contributed by atoms with E-state index in [-0.39, 0.29) is 10.5 Å². The van der Waals surface area contributed by atoms with Gasteiger partial charge in [-0.25, -0.2) is 17.5 Å². The van der Waals surface area contributed by atoms with Crippen molar-refractivity contribution in [3.05, 3.63) is 89.2 Å². The molecule has 1 aliphatic heterocycles. The Morgan fingerprint density at radius 3 is 2.55 bits per heavy atom. The molecule has 1 aliphatic rings. The van der Waals surface area contributed by atoms with Crippen molar-refractivity contribution in [1.29, 1.82) is 0 Å². The summed E-state index contributed by atoms with van der Waals surface area (Å²) in [6.45, 7) is 4.14. The molecule has 170 valence electrons. The van der Waals surface area contributed by atoms with Gasteiger partial charge in [-0.1, -0.05) is 11.2 Å². The highest BCUT2D eigenvalue weighted by atomic mass is 32.2. The second kappa shape index (κ2) is 9.41. The molecule has 1 N–H and O–H groups in total. The fourth-order valence-electron chi connectivity index (χ4n) is 3.57. The van der Waals surface area contributed by atoms with Crippen LogP contribution in [-0.4, -0.2) is 33.6 Å². The minimum atomic E-state index is -4.11. The van der Waals surface area contributed by atoms with Crippen LogP contribution in [0.1, 0.15) is 28.4 Å². The normalized spacial score (nSPS) is 13.2. The van der Waals surface area contributed by atoms with Crippen molar-refractivity contribution in [2.45, 2.75) is 18.2 Å².